The summed E-state index contributed by atoms with van der Waals surface area (Å²) in [6.07, 6.45) is 4.31. The van der Waals surface area contributed by atoms with Crippen molar-refractivity contribution >= 4 is 12.2 Å². The topological polar surface area (TPSA) is 73.5 Å². The third-order valence-corrected chi connectivity index (χ3v) is 1.49. The molecule has 0 spiro atoms. The van der Waals surface area contributed by atoms with Crippen LogP contribution in [0.25, 0.3) is 0 Å². The van der Waals surface area contributed by atoms with Gasteiger partial charge < -0.3 is 5.11 Å². The van der Waals surface area contributed by atoms with Gasteiger partial charge in [-0.3, -0.25) is 9.79 Å². The molecular formula is C7H6N2O2. The van der Waals surface area contributed by atoms with E-state index in [4.69, 9.17) is 10.4 Å². The van der Waals surface area contributed by atoms with E-state index in [-0.39, 0.29) is 6.54 Å². The van der Waals surface area contributed by atoms with Gasteiger partial charge in [0.2, 0.25) is 0 Å². The summed E-state index contributed by atoms with van der Waals surface area (Å²) >= 11 is 0. The van der Waals surface area contributed by atoms with Gasteiger partial charge in [-0.1, -0.05) is 0 Å². The van der Waals surface area contributed by atoms with Crippen LogP contribution in [0.1, 0.15) is 0 Å². The number of carbonyl (C=O) groups is 1. The zero-order valence-electron chi connectivity index (χ0n) is 5.69. The first-order chi connectivity index (χ1) is 5.21. The number of rotatable bonds is 1. The molecule has 0 bridgehead atoms. The molecule has 1 heterocycles. The summed E-state index contributed by atoms with van der Waals surface area (Å²) in [6, 6.07) is 1.72. The fourth-order valence-corrected chi connectivity index (χ4v) is 0.777. The van der Waals surface area contributed by atoms with Gasteiger partial charge in [0.15, 0.2) is 5.41 Å². The quantitative estimate of drug-likeness (QED) is 0.581. The minimum atomic E-state index is -1.44. The number of hydrogen-bond acceptors (Lipinski definition) is 3. The Morgan fingerprint density at radius 3 is 2.82 bits per heavy atom. The summed E-state index contributed by atoms with van der Waals surface area (Å²) in [5.74, 6) is -1.15. The van der Waals surface area contributed by atoms with Crippen molar-refractivity contribution in [3.05, 3.63) is 12.2 Å². The van der Waals surface area contributed by atoms with Crippen molar-refractivity contribution in [3.63, 3.8) is 0 Å². The van der Waals surface area contributed by atoms with Crippen LogP contribution in [-0.2, 0) is 4.79 Å². The Labute approximate surface area is 63.5 Å². The molecule has 0 aromatic rings. The highest BCUT2D eigenvalue weighted by molar-refractivity contribution is 5.85. The predicted octanol–water partition coefficient (Wildman–Crippen LogP) is 0.222. The standard InChI is InChI=1S/C7H6N2O2/c8-4-7(6(10)11)2-1-3-9-5-7/h1-3H,5H2,(H,10,11). The zero-order valence-corrected chi connectivity index (χ0v) is 5.69. The van der Waals surface area contributed by atoms with Gasteiger partial charge in [-0.05, 0) is 12.2 Å². The molecular weight excluding hydrogens is 144 g/mol. The molecule has 56 valence electrons. The molecule has 0 aromatic heterocycles. The van der Waals surface area contributed by atoms with E-state index in [1.807, 2.05) is 0 Å². The number of carboxylic acid groups (broad SMARTS) is 1. The zero-order chi connectivity index (χ0) is 8.32. The number of aliphatic imine (C=N–C) groups is 1. The molecule has 1 atom stereocenters. The summed E-state index contributed by atoms with van der Waals surface area (Å²) in [6.45, 7) is 0.00926. The highest BCUT2D eigenvalue weighted by atomic mass is 16.4. The van der Waals surface area contributed by atoms with Crippen LogP contribution in [0, 0.1) is 16.7 Å². The minimum Gasteiger partial charge on any atom is -0.480 e. The van der Waals surface area contributed by atoms with E-state index in [0.29, 0.717) is 0 Å². The Balaban J connectivity index is 2.97. The molecule has 0 saturated carbocycles. The van der Waals surface area contributed by atoms with Crippen molar-refractivity contribution in [1.82, 2.24) is 0 Å². The van der Waals surface area contributed by atoms with Gasteiger partial charge in [0.1, 0.15) is 0 Å². The number of hydrogen-bond donors (Lipinski definition) is 1. The maximum absolute atomic E-state index is 10.6. The third-order valence-electron chi connectivity index (χ3n) is 1.49. The molecule has 1 rings (SSSR count). The number of allylic oxidation sites excluding steroid dienone is 1. The van der Waals surface area contributed by atoms with Crippen LogP contribution >= 0.6 is 0 Å². The first kappa shape index (κ1) is 7.48. The Hall–Kier alpha value is -1.63. The molecule has 0 aromatic carbocycles. The lowest BCUT2D eigenvalue weighted by molar-refractivity contribution is -0.142. The first-order valence-corrected chi connectivity index (χ1v) is 3.03. The second kappa shape index (κ2) is 2.54. The van der Waals surface area contributed by atoms with Crippen LogP contribution in [0.5, 0.6) is 0 Å². The Morgan fingerprint density at radius 1 is 1.82 bits per heavy atom. The molecule has 11 heavy (non-hydrogen) atoms. The SMILES string of the molecule is N#CC1(C(=O)O)C=CC=NC1. The van der Waals surface area contributed by atoms with Crippen LogP contribution in [0.2, 0.25) is 0 Å². The van der Waals surface area contributed by atoms with Crippen LogP contribution in [0.4, 0.5) is 0 Å². The smallest absolute Gasteiger partial charge is 0.329 e. The van der Waals surface area contributed by atoms with Crippen LogP contribution in [-0.4, -0.2) is 23.8 Å². The van der Waals surface area contributed by atoms with E-state index in [1.165, 1.54) is 18.4 Å². The van der Waals surface area contributed by atoms with E-state index in [1.54, 1.807) is 6.07 Å². The Bertz CT molecular complexity index is 275. The molecule has 1 N–H and O–H groups in total. The van der Waals surface area contributed by atoms with E-state index >= 15 is 0 Å². The van der Waals surface area contributed by atoms with Crippen molar-refractivity contribution in [2.75, 3.05) is 6.54 Å². The number of carboxylic acids is 1. The minimum absolute atomic E-state index is 0.00926. The molecule has 0 radical (unpaired) electrons. The van der Waals surface area contributed by atoms with Gasteiger partial charge in [0.05, 0.1) is 12.6 Å². The average Bonchev–Trinajstić information content (AvgIpc) is 2.05. The van der Waals surface area contributed by atoms with Gasteiger partial charge in [0.25, 0.3) is 0 Å². The van der Waals surface area contributed by atoms with Crippen molar-refractivity contribution in [3.8, 4) is 6.07 Å². The molecule has 1 aliphatic rings. The maximum atomic E-state index is 10.6. The second-order valence-corrected chi connectivity index (χ2v) is 2.24. The molecule has 4 heteroatoms. The molecule has 0 aliphatic carbocycles. The summed E-state index contributed by atoms with van der Waals surface area (Å²) in [7, 11) is 0. The number of nitriles is 1. The summed E-state index contributed by atoms with van der Waals surface area (Å²) < 4.78 is 0. The van der Waals surface area contributed by atoms with Crippen molar-refractivity contribution in [2.45, 2.75) is 0 Å². The highest BCUT2D eigenvalue weighted by Crippen LogP contribution is 2.20. The van der Waals surface area contributed by atoms with Gasteiger partial charge in [-0.15, -0.1) is 0 Å². The number of dihydropyridines is 1. The van der Waals surface area contributed by atoms with E-state index in [0.717, 1.165) is 0 Å². The highest BCUT2D eigenvalue weighted by Gasteiger charge is 2.36. The molecule has 1 aliphatic heterocycles. The monoisotopic (exact) mass is 150 g/mol. The lowest BCUT2D eigenvalue weighted by atomic mass is 9.88. The maximum Gasteiger partial charge on any atom is 0.329 e. The van der Waals surface area contributed by atoms with E-state index in [9.17, 15) is 4.79 Å². The van der Waals surface area contributed by atoms with Gasteiger partial charge >= 0.3 is 5.97 Å². The number of aliphatic carboxylic acids is 1. The first-order valence-electron chi connectivity index (χ1n) is 3.03. The van der Waals surface area contributed by atoms with Crippen molar-refractivity contribution in [2.24, 2.45) is 10.4 Å². The van der Waals surface area contributed by atoms with E-state index < -0.39 is 11.4 Å². The lowest BCUT2D eigenvalue weighted by Crippen LogP contribution is -2.31. The van der Waals surface area contributed by atoms with Crippen molar-refractivity contribution in [1.29, 1.82) is 5.26 Å². The van der Waals surface area contributed by atoms with Crippen molar-refractivity contribution < 1.29 is 9.90 Å². The average molecular weight is 150 g/mol. The van der Waals surface area contributed by atoms with Crippen LogP contribution < -0.4 is 0 Å². The third kappa shape index (κ3) is 1.13. The fraction of sp³-hybridized carbons (Fsp3) is 0.286. The second-order valence-electron chi connectivity index (χ2n) is 2.24. The summed E-state index contributed by atoms with van der Waals surface area (Å²) in [4.78, 5) is 14.3. The fourth-order valence-electron chi connectivity index (χ4n) is 0.777. The predicted molar refractivity (Wildman–Crippen MR) is 38.2 cm³/mol. The molecule has 1 unspecified atom stereocenters. The molecule has 4 nitrogen and oxygen atoms in total. The molecule has 0 saturated heterocycles. The lowest BCUT2D eigenvalue weighted by Gasteiger charge is -2.16. The van der Waals surface area contributed by atoms with E-state index in [2.05, 4.69) is 4.99 Å². The van der Waals surface area contributed by atoms with Gasteiger partial charge in [-0.25, -0.2) is 0 Å². The van der Waals surface area contributed by atoms with Gasteiger partial charge in [0, 0.05) is 6.21 Å². The Morgan fingerprint density at radius 2 is 2.55 bits per heavy atom. The summed E-state index contributed by atoms with van der Waals surface area (Å²) in [5.41, 5.74) is -1.44. The Kier molecular flexibility index (Phi) is 1.73. The molecule has 0 amide bonds. The summed E-state index contributed by atoms with van der Waals surface area (Å²) in [5, 5.41) is 17.2. The van der Waals surface area contributed by atoms with Crippen LogP contribution in [0.3, 0.4) is 0 Å². The largest absolute Gasteiger partial charge is 0.480 e. The van der Waals surface area contributed by atoms with Crippen LogP contribution in [0.15, 0.2) is 17.1 Å². The normalized spacial score (nSPS) is 27.9. The molecule has 0 fully saturated rings. The number of nitrogens with zero attached hydrogens (tertiary/aromatic N) is 2. The van der Waals surface area contributed by atoms with Gasteiger partial charge in [-0.2, -0.15) is 5.26 Å².